The van der Waals surface area contributed by atoms with Crippen LogP contribution in [-0.2, 0) is 9.59 Å². The van der Waals surface area contributed by atoms with Crippen molar-refractivity contribution in [2.24, 2.45) is 0 Å². The predicted molar refractivity (Wildman–Crippen MR) is 79.5 cm³/mol. The first kappa shape index (κ1) is 14.8. The highest BCUT2D eigenvalue weighted by atomic mass is 35.5. The van der Waals surface area contributed by atoms with Gasteiger partial charge in [-0.05, 0) is 30.3 Å². The molecule has 6 nitrogen and oxygen atoms in total. The highest BCUT2D eigenvalue weighted by Gasteiger charge is 2.16. The number of benzene rings is 1. The quantitative estimate of drug-likeness (QED) is 0.853. The van der Waals surface area contributed by atoms with Gasteiger partial charge in [0.25, 0.3) is 0 Å². The summed E-state index contributed by atoms with van der Waals surface area (Å²) in [6, 6.07) is 9.67. The predicted octanol–water partition coefficient (Wildman–Crippen LogP) is 2.32. The highest BCUT2D eigenvalue weighted by molar-refractivity contribution is 6.43. The Bertz CT molecular complexity index is 662. The monoisotopic (exact) mass is 305 g/mol. The molecule has 21 heavy (non-hydrogen) atoms. The molecule has 1 aromatic carbocycles. The van der Waals surface area contributed by atoms with E-state index in [4.69, 9.17) is 16.3 Å². The normalized spacial score (nSPS) is 9.81. The van der Waals surface area contributed by atoms with E-state index in [2.05, 4.69) is 15.6 Å². The maximum absolute atomic E-state index is 11.8. The molecule has 2 aromatic rings. The molecule has 0 aliphatic carbocycles. The molecule has 2 N–H and O–H groups in total. The number of carbonyl (C=O) groups is 2. The van der Waals surface area contributed by atoms with E-state index in [-0.39, 0.29) is 5.82 Å². The van der Waals surface area contributed by atoms with Crippen LogP contribution in [0.25, 0.3) is 0 Å². The number of methoxy groups -OCH3 is 1. The molecule has 0 fully saturated rings. The van der Waals surface area contributed by atoms with Gasteiger partial charge in [-0.15, -0.1) is 0 Å². The van der Waals surface area contributed by atoms with Crippen molar-refractivity contribution in [2.45, 2.75) is 0 Å². The molecule has 0 aliphatic heterocycles. The fourth-order valence-corrected chi connectivity index (χ4v) is 1.74. The van der Waals surface area contributed by atoms with E-state index in [1.807, 2.05) is 0 Å². The Morgan fingerprint density at radius 1 is 1.14 bits per heavy atom. The molecule has 0 bridgehead atoms. The van der Waals surface area contributed by atoms with Crippen LogP contribution in [0.5, 0.6) is 5.75 Å². The molecule has 1 heterocycles. The summed E-state index contributed by atoms with van der Waals surface area (Å²) in [5, 5.41) is 5.23. The minimum atomic E-state index is -0.846. The molecule has 0 spiro atoms. The number of hydrogen-bond acceptors (Lipinski definition) is 4. The van der Waals surface area contributed by atoms with Crippen LogP contribution in [0.2, 0.25) is 5.02 Å². The fourth-order valence-electron chi connectivity index (χ4n) is 1.57. The van der Waals surface area contributed by atoms with Gasteiger partial charge < -0.3 is 15.4 Å². The molecule has 7 heteroatoms. The second kappa shape index (κ2) is 6.71. The number of hydrogen-bond donors (Lipinski definition) is 2. The third-order valence-electron chi connectivity index (χ3n) is 2.52. The van der Waals surface area contributed by atoms with Gasteiger partial charge in [0.15, 0.2) is 0 Å². The Morgan fingerprint density at radius 3 is 2.57 bits per heavy atom. The van der Waals surface area contributed by atoms with Crippen molar-refractivity contribution < 1.29 is 14.3 Å². The van der Waals surface area contributed by atoms with Crippen LogP contribution >= 0.6 is 11.6 Å². The number of anilines is 2. The molecule has 0 saturated heterocycles. The highest BCUT2D eigenvalue weighted by Crippen LogP contribution is 2.27. The van der Waals surface area contributed by atoms with E-state index in [1.165, 1.54) is 19.4 Å². The van der Waals surface area contributed by atoms with E-state index in [0.717, 1.165) is 0 Å². The first-order chi connectivity index (χ1) is 10.1. The van der Waals surface area contributed by atoms with E-state index in [1.54, 1.807) is 30.3 Å². The number of amides is 2. The minimum Gasteiger partial charge on any atom is -0.495 e. The lowest BCUT2D eigenvalue weighted by Crippen LogP contribution is -2.29. The summed E-state index contributed by atoms with van der Waals surface area (Å²) in [4.78, 5) is 27.5. The molecular formula is C14H12ClN3O3. The number of nitrogens with one attached hydrogen (secondary N) is 2. The summed E-state index contributed by atoms with van der Waals surface area (Å²) in [6.07, 6.45) is 1.51. The van der Waals surface area contributed by atoms with Gasteiger partial charge in [0, 0.05) is 11.2 Å². The SMILES string of the molecule is COc1ccc(Cl)cc1NC(=O)C(=O)Nc1ccccn1. The van der Waals surface area contributed by atoms with Crippen LogP contribution in [0.15, 0.2) is 42.6 Å². The van der Waals surface area contributed by atoms with E-state index in [9.17, 15) is 9.59 Å². The number of nitrogens with zero attached hydrogens (tertiary/aromatic N) is 1. The molecule has 108 valence electrons. The maximum Gasteiger partial charge on any atom is 0.315 e. The summed E-state index contributed by atoms with van der Waals surface area (Å²) in [7, 11) is 1.45. The average Bonchev–Trinajstić information content (AvgIpc) is 2.48. The molecule has 2 rings (SSSR count). The van der Waals surface area contributed by atoms with Crippen LogP contribution in [-0.4, -0.2) is 23.9 Å². The summed E-state index contributed by atoms with van der Waals surface area (Å²) in [5.74, 6) is -0.994. The number of ether oxygens (including phenoxy) is 1. The zero-order valence-corrected chi connectivity index (χ0v) is 11.8. The van der Waals surface area contributed by atoms with E-state index in [0.29, 0.717) is 16.5 Å². The van der Waals surface area contributed by atoms with Crippen LogP contribution in [0.3, 0.4) is 0 Å². The molecule has 0 aliphatic rings. The Labute approximate surface area is 126 Å². The Balaban J connectivity index is 2.07. The number of pyridine rings is 1. The zero-order chi connectivity index (χ0) is 15.2. The molecular weight excluding hydrogens is 294 g/mol. The molecule has 0 radical (unpaired) electrons. The molecule has 1 aromatic heterocycles. The van der Waals surface area contributed by atoms with Crippen LogP contribution in [0.1, 0.15) is 0 Å². The van der Waals surface area contributed by atoms with Gasteiger partial charge >= 0.3 is 11.8 Å². The van der Waals surface area contributed by atoms with E-state index >= 15 is 0 Å². The average molecular weight is 306 g/mol. The lowest BCUT2D eigenvalue weighted by atomic mass is 10.3. The van der Waals surface area contributed by atoms with Gasteiger partial charge in [-0.3, -0.25) is 9.59 Å². The van der Waals surface area contributed by atoms with Crippen molar-refractivity contribution in [1.82, 2.24) is 4.98 Å². The van der Waals surface area contributed by atoms with Crippen molar-refractivity contribution in [3.63, 3.8) is 0 Å². The first-order valence-electron chi connectivity index (χ1n) is 5.97. The Kier molecular flexibility index (Phi) is 4.73. The molecule has 0 atom stereocenters. The van der Waals surface area contributed by atoms with Gasteiger partial charge in [-0.1, -0.05) is 17.7 Å². The topological polar surface area (TPSA) is 80.3 Å². The van der Waals surface area contributed by atoms with Crippen molar-refractivity contribution in [2.75, 3.05) is 17.7 Å². The zero-order valence-electron chi connectivity index (χ0n) is 11.1. The first-order valence-corrected chi connectivity index (χ1v) is 6.35. The Hall–Kier alpha value is -2.60. The number of halogens is 1. The lowest BCUT2D eigenvalue weighted by molar-refractivity contribution is -0.133. The van der Waals surface area contributed by atoms with Crippen molar-refractivity contribution in [1.29, 1.82) is 0 Å². The standard InChI is InChI=1S/C14H12ClN3O3/c1-21-11-6-5-9(15)8-10(11)17-13(19)14(20)18-12-4-2-3-7-16-12/h2-8H,1H3,(H,17,19)(H,16,18,20). The Morgan fingerprint density at radius 2 is 1.90 bits per heavy atom. The van der Waals surface area contributed by atoms with Gasteiger partial charge in [-0.2, -0.15) is 0 Å². The van der Waals surface area contributed by atoms with Crippen LogP contribution < -0.4 is 15.4 Å². The maximum atomic E-state index is 11.8. The summed E-state index contributed by atoms with van der Waals surface area (Å²) in [6.45, 7) is 0. The van der Waals surface area contributed by atoms with Crippen molar-refractivity contribution >= 4 is 34.9 Å². The molecule has 0 unspecified atom stereocenters. The van der Waals surface area contributed by atoms with Crippen LogP contribution in [0, 0.1) is 0 Å². The summed E-state index contributed by atoms with van der Waals surface area (Å²) in [5.41, 5.74) is 0.311. The van der Waals surface area contributed by atoms with Gasteiger partial charge in [-0.25, -0.2) is 4.98 Å². The lowest BCUT2D eigenvalue weighted by Gasteiger charge is -2.10. The third-order valence-corrected chi connectivity index (χ3v) is 2.76. The van der Waals surface area contributed by atoms with Crippen LogP contribution in [0.4, 0.5) is 11.5 Å². The van der Waals surface area contributed by atoms with E-state index < -0.39 is 11.8 Å². The summed E-state index contributed by atoms with van der Waals surface area (Å²) >= 11 is 5.85. The van der Waals surface area contributed by atoms with Gasteiger partial charge in [0.1, 0.15) is 11.6 Å². The number of aromatic nitrogens is 1. The second-order valence-corrected chi connectivity index (χ2v) is 4.40. The largest absolute Gasteiger partial charge is 0.495 e. The van der Waals surface area contributed by atoms with Gasteiger partial charge in [0.05, 0.1) is 12.8 Å². The van der Waals surface area contributed by atoms with Crippen molar-refractivity contribution in [3.05, 3.63) is 47.6 Å². The fraction of sp³-hybridized carbons (Fsp3) is 0.0714. The third kappa shape index (κ3) is 3.93. The minimum absolute atomic E-state index is 0.288. The van der Waals surface area contributed by atoms with Crippen molar-refractivity contribution in [3.8, 4) is 5.75 Å². The molecule has 0 saturated carbocycles. The number of rotatable bonds is 3. The number of carbonyl (C=O) groups excluding carboxylic acids is 2. The van der Waals surface area contributed by atoms with Gasteiger partial charge in [0.2, 0.25) is 0 Å². The molecule has 2 amide bonds. The smallest absolute Gasteiger partial charge is 0.315 e. The summed E-state index contributed by atoms with van der Waals surface area (Å²) < 4.78 is 5.08. The second-order valence-electron chi connectivity index (χ2n) is 3.97.